The van der Waals surface area contributed by atoms with E-state index < -0.39 is 42.7 Å². The Balaban J connectivity index is 1.77. The molecule has 0 unspecified atom stereocenters. The molecule has 142 valence electrons. The first kappa shape index (κ1) is 18.4. The number of aliphatic hydroxyl groups is 3. The molecule has 2 aromatic rings. The number of carbonyl (C=O) groups is 1. The summed E-state index contributed by atoms with van der Waals surface area (Å²) in [4.78, 5) is 23.1. The van der Waals surface area contributed by atoms with Gasteiger partial charge >= 0.3 is 5.97 Å². The molecule has 2 aromatic heterocycles. The smallest absolute Gasteiger partial charge is 0.323 e. The number of nitrogens with one attached hydrogen (secondary N) is 1. The van der Waals surface area contributed by atoms with Gasteiger partial charge in [-0.25, -0.2) is 15.0 Å². The number of anilines is 1. The Morgan fingerprint density at radius 3 is 2.77 bits per heavy atom. The molecular weight excluding hydrogens is 348 g/mol. The number of hydrogen-bond donors (Lipinski definition) is 6. The molecular formula is C14H20N6O6. The fourth-order valence-electron chi connectivity index (χ4n) is 2.89. The molecule has 0 aliphatic carbocycles. The third-order valence-corrected chi connectivity index (χ3v) is 4.29. The number of aliphatic carboxylic acids is 1. The minimum absolute atomic E-state index is 0.0969. The molecule has 26 heavy (non-hydrogen) atoms. The molecule has 0 saturated carbocycles. The molecule has 12 heteroatoms. The van der Waals surface area contributed by atoms with Crippen molar-refractivity contribution in [1.82, 2.24) is 24.8 Å². The molecule has 7 N–H and O–H groups in total. The van der Waals surface area contributed by atoms with E-state index in [9.17, 15) is 20.1 Å². The summed E-state index contributed by atoms with van der Waals surface area (Å²) in [5.41, 5.74) is 6.39. The molecule has 0 aromatic carbocycles. The van der Waals surface area contributed by atoms with Gasteiger partial charge in [0.05, 0.1) is 12.4 Å². The number of ether oxygens (including phenoxy) is 1. The Kier molecular flexibility index (Phi) is 5.02. The van der Waals surface area contributed by atoms with Crippen molar-refractivity contribution in [1.29, 1.82) is 0 Å². The van der Waals surface area contributed by atoms with Crippen molar-refractivity contribution in [3.8, 4) is 0 Å². The van der Waals surface area contributed by atoms with Crippen LogP contribution in [0, 0.1) is 0 Å². The van der Waals surface area contributed by atoms with Crippen LogP contribution in [-0.2, 0) is 9.53 Å². The average Bonchev–Trinajstić information content (AvgIpc) is 3.11. The second-order valence-electron chi connectivity index (χ2n) is 6.09. The molecule has 1 saturated heterocycles. The average molecular weight is 368 g/mol. The lowest BCUT2D eigenvalue weighted by Gasteiger charge is -2.21. The lowest BCUT2D eigenvalue weighted by Crippen LogP contribution is -2.49. The number of fused-ring (bicyclic) bond motifs is 1. The van der Waals surface area contributed by atoms with Crippen LogP contribution < -0.4 is 11.1 Å². The van der Waals surface area contributed by atoms with Crippen molar-refractivity contribution in [2.75, 3.05) is 12.3 Å². The molecule has 0 bridgehead atoms. The van der Waals surface area contributed by atoms with Crippen LogP contribution in [0.4, 0.5) is 5.82 Å². The third kappa shape index (κ3) is 3.20. The fraction of sp³-hybridized carbons (Fsp3) is 0.571. The largest absolute Gasteiger partial charge is 0.480 e. The highest BCUT2D eigenvalue weighted by atomic mass is 16.6. The number of nitrogens with two attached hydrogens (primary N) is 1. The van der Waals surface area contributed by atoms with Crippen molar-refractivity contribution in [3.05, 3.63) is 12.7 Å². The van der Waals surface area contributed by atoms with E-state index >= 15 is 0 Å². The molecule has 1 fully saturated rings. The predicted molar refractivity (Wildman–Crippen MR) is 86.8 cm³/mol. The van der Waals surface area contributed by atoms with Gasteiger partial charge in [-0.05, 0) is 6.92 Å². The topological polar surface area (TPSA) is 189 Å². The standard InChI is InChI=1S/C14H20N6O6/c1-5(21)7(14(24)25)16-2-6-9(22)10(23)13(26-6)20-4-19-8-11(15)17-3-18-12(8)20/h3-7,9-10,13,16,21-23H,2H2,1H3,(H,24,25)(H2,15,17,18)/t5-,6-,7+,9-,10-,13-/m1/s1. The summed E-state index contributed by atoms with van der Waals surface area (Å²) in [6, 6.07) is -1.23. The van der Waals surface area contributed by atoms with Gasteiger partial charge in [-0.15, -0.1) is 0 Å². The SMILES string of the molecule is C[C@@H](O)[C@H](NC[C@H]1O[C@@H](n2cnc3c(N)ncnc32)[C@H](O)[C@@H]1O)C(=O)O. The molecule has 1 aliphatic heterocycles. The molecule has 12 nitrogen and oxygen atoms in total. The van der Waals surface area contributed by atoms with Crippen molar-refractivity contribution in [2.24, 2.45) is 0 Å². The zero-order valence-electron chi connectivity index (χ0n) is 13.8. The number of nitrogens with zero attached hydrogens (tertiary/aromatic N) is 4. The number of rotatable bonds is 6. The van der Waals surface area contributed by atoms with E-state index in [1.54, 1.807) is 0 Å². The van der Waals surface area contributed by atoms with Crippen LogP contribution >= 0.6 is 0 Å². The Bertz CT molecular complexity index is 797. The van der Waals surface area contributed by atoms with Gasteiger partial charge in [0, 0.05) is 6.54 Å². The summed E-state index contributed by atoms with van der Waals surface area (Å²) in [5.74, 6) is -1.07. The number of carboxylic acid groups (broad SMARTS) is 1. The van der Waals surface area contributed by atoms with Crippen molar-refractivity contribution < 1.29 is 30.0 Å². The second-order valence-corrected chi connectivity index (χ2v) is 6.09. The molecule has 1 aliphatic rings. The van der Waals surface area contributed by atoms with E-state index in [1.165, 1.54) is 24.1 Å². The van der Waals surface area contributed by atoms with Crippen LogP contribution in [0.3, 0.4) is 0 Å². The van der Waals surface area contributed by atoms with Gasteiger partial charge in [0.15, 0.2) is 17.7 Å². The third-order valence-electron chi connectivity index (χ3n) is 4.29. The van der Waals surface area contributed by atoms with Crippen LogP contribution in [0.1, 0.15) is 13.2 Å². The van der Waals surface area contributed by atoms with Gasteiger partial charge in [0.2, 0.25) is 0 Å². The quantitative estimate of drug-likeness (QED) is 0.315. The monoisotopic (exact) mass is 368 g/mol. The second kappa shape index (κ2) is 7.09. The van der Waals surface area contributed by atoms with Crippen molar-refractivity contribution >= 4 is 23.0 Å². The number of aliphatic hydroxyl groups excluding tert-OH is 3. The van der Waals surface area contributed by atoms with Crippen LogP contribution in [0.25, 0.3) is 11.2 Å². The molecule has 3 rings (SSSR count). The lowest BCUT2D eigenvalue weighted by molar-refractivity contribution is -0.142. The Morgan fingerprint density at radius 1 is 1.38 bits per heavy atom. The predicted octanol–water partition coefficient (Wildman–Crippen LogP) is -2.55. The van der Waals surface area contributed by atoms with Crippen molar-refractivity contribution in [2.45, 2.75) is 43.6 Å². The number of nitrogen functional groups attached to an aromatic ring is 1. The first-order valence-corrected chi connectivity index (χ1v) is 7.90. The molecule has 0 radical (unpaired) electrons. The number of aromatic nitrogens is 4. The Morgan fingerprint density at radius 2 is 2.12 bits per heavy atom. The summed E-state index contributed by atoms with van der Waals surface area (Å²) >= 11 is 0. The summed E-state index contributed by atoms with van der Waals surface area (Å²) in [6.07, 6.45) is -3.03. The van der Waals surface area contributed by atoms with E-state index in [4.69, 9.17) is 15.6 Å². The van der Waals surface area contributed by atoms with Gasteiger partial charge in [-0.3, -0.25) is 14.7 Å². The van der Waals surface area contributed by atoms with Crippen LogP contribution in [0.2, 0.25) is 0 Å². The molecule has 3 heterocycles. The van der Waals surface area contributed by atoms with E-state index in [0.717, 1.165) is 0 Å². The summed E-state index contributed by atoms with van der Waals surface area (Å²) < 4.78 is 7.09. The zero-order chi connectivity index (χ0) is 19.0. The van der Waals surface area contributed by atoms with Crippen LogP contribution in [0.5, 0.6) is 0 Å². The normalized spacial score (nSPS) is 28.3. The first-order chi connectivity index (χ1) is 12.3. The van der Waals surface area contributed by atoms with E-state index in [1.807, 2.05) is 0 Å². The zero-order valence-corrected chi connectivity index (χ0v) is 13.8. The molecule has 0 spiro atoms. The van der Waals surface area contributed by atoms with Gasteiger partial charge in [0.1, 0.15) is 36.2 Å². The Labute approximate surface area is 147 Å². The summed E-state index contributed by atoms with van der Waals surface area (Å²) in [7, 11) is 0. The highest BCUT2D eigenvalue weighted by Crippen LogP contribution is 2.31. The van der Waals surface area contributed by atoms with Crippen LogP contribution in [-0.4, -0.2) is 82.9 Å². The maximum absolute atomic E-state index is 11.1. The van der Waals surface area contributed by atoms with E-state index in [2.05, 4.69) is 20.3 Å². The van der Waals surface area contributed by atoms with Crippen molar-refractivity contribution in [3.63, 3.8) is 0 Å². The lowest BCUT2D eigenvalue weighted by atomic mass is 10.1. The Hall–Kier alpha value is -2.38. The van der Waals surface area contributed by atoms with E-state index in [0.29, 0.717) is 11.2 Å². The van der Waals surface area contributed by atoms with Gasteiger partial charge in [-0.2, -0.15) is 0 Å². The maximum atomic E-state index is 11.1. The maximum Gasteiger partial charge on any atom is 0.323 e. The number of imidazole rings is 1. The van der Waals surface area contributed by atoms with E-state index in [-0.39, 0.29) is 12.4 Å². The van der Waals surface area contributed by atoms with Gasteiger partial charge < -0.3 is 30.9 Å². The van der Waals surface area contributed by atoms with Gasteiger partial charge in [0.25, 0.3) is 0 Å². The summed E-state index contributed by atoms with van der Waals surface area (Å²) in [6.45, 7) is 1.23. The fourth-order valence-corrected chi connectivity index (χ4v) is 2.89. The van der Waals surface area contributed by atoms with Gasteiger partial charge in [-0.1, -0.05) is 0 Å². The number of hydrogen-bond acceptors (Lipinski definition) is 10. The molecule has 0 amide bonds. The highest BCUT2D eigenvalue weighted by Gasteiger charge is 2.44. The minimum Gasteiger partial charge on any atom is -0.480 e. The summed E-state index contributed by atoms with van der Waals surface area (Å²) in [5, 5.41) is 41.7. The highest BCUT2D eigenvalue weighted by molar-refractivity contribution is 5.81. The number of carboxylic acids is 1. The first-order valence-electron chi connectivity index (χ1n) is 7.90. The molecule has 6 atom stereocenters. The minimum atomic E-state index is -1.30. The van der Waals surface area contributed by atoms with Crippen LogP contribution in [0.15, 0.2) is 12.7 Å².